The highest BCUT2D eigenvalue weighted by molar-refractivity contribution is 6.43. The van der Waals surface area contributed by atoms with Crippen molar-refractivity contribution in [3.63, 3.8) is 0 Å². The molecule has 0 N–H and O–H groups in total. The molecule has 0 radical (unpaired) electrons. The zero-order valence-corrected chi connectivity index (χ0v) is 13.7. The molecule has 1 aromatic heterocycles. The molecule has 7 heteroatoms. The van der Waals surface area contributed by atoms with Gasteiger partial charge >= 0.3 is 0 Å². The van der Waals surface area contributed by atoms with E-state index in [1.165, 1.54) is 12.3 Å². The molecule has 1 aliphatic rings. The summed E-state index contributed by atoms with van der Waals surface area (Å²) in [4.78, 5) is 19.6. The van der Waals surface area contributed by atoms with Crippen LogP contribution in [0.4, 0.5) is 10.1 Å². The first-order valence-electron chi connectivity index (χ1n) is 7.16. The lowest BCUT2D eigenvalue weighted by Gasteiger charge is -2.36. The van der Waals surface area contributed by atoms with E-state index in [4.69, 9.17) is 23.2 Å². The van der Waals surface area contributed by atoms with Crippen molar-refractivity contribution in [2.24, 2.45) is 0 Å². The Morgan fingerprint density at radius 1 is 1.09 bits per heavy atom. The molecule has 0 saturated carbocycles. The molecule has 0 bridgehead atoms. The summed E-state index contributed by atoms with van der Waals surface area (Å²) in [6, 6.07) is 8.47. The van der Waals surface area contributed by atoms with E-state index < -0.39 is 5.95 Å². The zero-order valence-electron chi connectivity index (χ0n) is 12.2. The van der Waals surface area contributed by atoms with E-state index in [0.717, 1.165) is 5.69 Å². The Bertz CT molecular complexity index is 733. The molecule has 1 aliphatic heterocycles. The highest BCUT2D eigenvalue weighted by Crippen LogP contribution is 2.32. The Kier molecular flexibility index (Phi) is 4.68. The van der Waals surface area contributed by atoms with Gasteiger partial charge in [-0.25, -0.2) is 4.98 Å². The number of rotatable bonds is 2. The quantitative estimate of drug-likeness (QED) is 0.775. The van der Waals surface area contributed by atoms with Crippen molar-refractivity contribution in [1.82, 2.24) is 9.88 Å². The topological polar surface area (TPSA) is 36.4 Å². The van der Waals surface area contributed by atoms with E-state index >= 15 is 0 Å². The molecule has 4 nitrogen and oxygen atoms in total. The fourth-order valence-electron chi connectivity index (χ4n) is 2.60. The predicted molar refractivity (Wildman–Crippen MR) is 88.8 cm³/mol. The second-order valence-electron chi connectivity index (χ2n) is 5.19. The lowest BCUT2D eigenvalue weighted by Crippen LogP contribution is -2.49. The highest BCUT2D eigenvalue weighted by atomic mass is 35.5. The summed E-state index contributed by atoms with van der Waals surface area (Å²) in [7, 11) is 0. The third kappa shape index (κ3) is 3.26. The van der Waals surface area contributed by atoms with E-state index in [-0.39, 0.29) is 11.5 Å². The number of hydrogen-bond donors (Lipinski definition) is 0. The van der Waals surface area contributed by atoms with Gasteiger partial charge in [0.25, 0.3) is 5.91 Å². The maximum atomic E-state index is 13.6. The predicted octanol–water partition coefficient (Wildman–Crippen LogP) is 3.49. The second kappa shape index (κ2) is 6.72. The maximum Gasteiger partial charge on any atom is 0.258 e. The maximum absolute atomic E-state index is 13.6. The minimum Gasteiger partial charge on any atom is -0.367 e. The molecule has 0 aliphatic carbocycles. The molecule has 3 rings (SSSR count). The van der Waals surface area contributed by atoms with Crippen molar-refractivity contribution >= 4 is 34.8 Å². The molecule has 1 fully saturated rings. The molecule has 2 heterocycles. The molecule has 1 saturated heterocycles. The Morgan fingerprint density at radius 3 is 2.52 bits per heavy atom. The van der Waals surface area contributed by atoms with E-state index in [1.54, 1.807) is 17.0 Å². The summed E-state index contributed by atoms with van der Waals surface area (Å²) in [6.45, 7) is 2.17. The van der Waals surface area contributed by atoms with E-state index in [0.29, 0.717) is 36.2 Å². The number of benzene rings is 1. The van der Waals surface area contributed by atoms with E-state index in [1.807, 2.05) is 12.1 Å². The summed E-state index contributed by atoms with van der Waals surface area (Å²) in [5.74, 6) is -1.08. The first-order valence-corrected chi connectivity index (χ1v) is 7.92. The van der Waals surface area contributed by atoms with Crippen LogP contribution in [0.5, 0.6) is 0 Å². The van der Waals surface area contributed by atoms with Crippen molar-refractivity contribution in [3.05, 3.63) is 58.1 Å². The van der Waals surface area contributed by atoms with Crippen molar-refractivity contribution in [2.75, 3.05) is 31.1 Å². The number of anilines is 1. The SMILES string of the molecule is O=C(c1cccnc1F)N1CCN(c2cccc(Cl)c2Cl)CC1. The molecule has 23 heavy (non-hydrogen) atoms. The number of carbonyl (C=O) groups excluding carboxylic acids is 1. The van der Waals surface area contributed by atoms with Crippen LogP contribution >= 0.6 is 23.2 Å². The van der Waals surface area contributed by atoms with Gasteiger partial charge in [0.1, 0.15) is 0 Å². The number of amides is 1. The number of piperazine rings is 1. The Labute approximate surface area is 143 Å². The summed E-state index contributed by atoms with van der Waals surface area (Å²) in [5.41, 5.74) is 0.848. The standard InChI is InChI=1S/C16H14Cl2FN3O/c17-12-4-1-5-13(14(12)18)21-7-9-22(10-8-21)16(23)11-3-2-6-20-15(11)19/h1-6H,7-10H2. The summed E-state index contributed by atoms with van der Waals surface area (Å²) in [5, 5.41) is 1.01. The Balaban J connectivity index is 1.70. The molecular weight excluding hydrogens is 340 g/mol. The highest BCUT2D eigenvalue weighted by Gasteiger charge is 2.25. The van der Waals surface area contributed by atoms with Gasteiger partial charge in [-0.3, -0.25) is 4.79 Å². The van der Waals surface area contributed by atoms with Gasteiger partial charge in [-0.1, -0.05) is 29.3 Å². The van der Waals surface area contributed by atoms with E-state index in [2.05, 4.69) is 9.88 Å². The summed E-state index contributed by atoms with van der Waals surface area (Å²) in [6.07, 6.45) is 1.32. The van der Waals surface area contributed by atoms with Crippen LogP contribution in [0.25, 0.3) is 0 Å². The van der Waals surface area contributed by atoms with Gasteiger partial charge in [0.05, 0.1) is 21.3 Å². The molecule has 120 valence electrons. The zero-order chi connectivity index (χ0) is 16.4. The van der Waals surface area contributed by atoms with Crippen LogP contribution in [0.2, 0.25) is 10.0 Å². The van der Waals surface area contributed by atoms with Crippen LogP contribution in [-0.2, 0) is 0 Å². The van der Waals surface area contributed by atoms with Gasteiger partial charge < -0.3 is 9.80 Å². The fourth-order valence-corrected chi connectivity index (χ4v) is 3.02. The van der Waals surface area contributed by atoms with Gasteiger partial charge in [-0.05, 0) is 24.3 Å². The molecule has 1 amide bonds. The number of halogens is 3. The van der Waals surface area contributed by atoms with Gasteiger partial charge in [-0.2, -0.15) is 4.39 Å². The van der Waals surface area contributed by atoms with Crippen molar-refractivity contribution in [1.29, 1.82) is 0 Å². The van der Waals surface area contributed by atoms with Gasteiger partial charge in [-0.15, -0.1) is 0 Å². The van der Waals surface area contributed by atoms with Crippen LogP contribution in [-0.4, -0.2) is 42.0 Å². The fraction of sp³-hybridized carbons (Fsp3) is 0.250. The summed E-state index contributed by atoms with van der Waals surface area (Å²) >= 11 is 12.3. The molecule has 0 atom stereocenters. The largest absolute Gasteiger partial charge is 0.367 e. The lowest BCUT2D eigenvalue weighted by atomic mass is 10.2. The number of aromatic nitrogens is 1. The molecule has 2 aromatic rings. The van der Waals surface area contributed by atoms with Crippen molar-refractivity contribution in [2.45, 2.75) is 0 Å². The smallest absolute Gasteiger partial charge is 0.258 e. The monoisotopic (exact) mass is 353 g/mol. The third-order valence-electron chi connectivity index (χ3n) is 3.83. The first-order chi connectivity index (χ1) is 11.1. The van der Waals surface area contributed by atoms with Crippen LogP contribution in [0.1, 0.15) is 10.4 Å². The van der Waals surface area contributed by atoms with Gasteiger partial charge in [0.2, 0.25) is 5.95 Å². The van der Waals surface area contributed by atoms with Gasteiger partial charge in [0.15, 0.2) is 0 Å². The minimum atomic E-state index is -0.738. The first kappa shape index (κ1) is 16.0. The van der Waals surface area contributed by atoms with Crippen LogP contribution in [0.3, 0.4) is 0 Å². The average molecular weight is 354 g/mol. The number of hydrogen-bond acceptors (Lipinski definition) is 3. The average Bonchev–Trinajstić information content (AvgIpc) is 2.57. The number of carbonyl (C=O) groups is 1. The lowest BCUT2D eigenvalue weighted by molar-refractivity contribution is 0.0741. The van der Waals surface area contributed by atoms with Crippen LogP contribution in [0, 0.1) is 5.95 Å². The van der Waals surface area contributed by atoms with Crippen molar-refractivity contribution in [3.8, 4) is 0 Å². The number of pyridine rings is 1. The Hall–Kier alpha value is -1.85. The normalized spacial score (nSPS) is 14.9. The molecule has 0 spiro atoms. The van der Waals surface area contributed by atoms with Gasteiger partial charge in [0, 0.05) is 32.4 Å². The minimum absolute atomic E-state index is 0.00161. The Morgan fingerprint density at radius 2 is 1.83 bits per heavy atom. The molecule has 1 aromatic carbocycles. The second-order valence-corrected chi connectivity index (χ2v) is 5.98. The van der Waals surface area contributed by atoms with Crippen molar-refractivity contribution < 1.29 is 9.18 Å². The third-order valence-corrected chi connectivity index (χ3v) is 4.64. The number of nitrogens with zero attached hydrogens (tertiary/aromatic N) is 3. The van der Waals surface area contributed by atoms with E-state index in [9.17, 15) is 9.18 Å². The molecule has 0 unspecified atom stereocenters. The van der Waals surface area contributed by atoms with Crippen LogP contribution < -0.4 is 4.90 Å². The summed E-state index contributed by atoms with van der Waals surface area (Å²) < 4.78 is 13.6. The molecular formula is C16H14Cl2FN3O. The van der Waals surface area contributed by atoms with Crippen LogP contribution in [0.15, 0.2) is 36.5 Å².